The van der Waals surface area contributed by atoms with Crippen LogP contribution < -0.4 is 15.4 Å². The number of benzene rings is 1. The van der Waals surface area contributed by atoms with Crippen molar-refractivity contribution in [2.45, 2.75) is 11.7 Å². The highest BCUT2D eigenvalue weighted by Crippen LogP contribution is 2.25. The summed E-state index contributed by atoms with van der Waals surface area (Å²) in [5.74, 6) is 0.158. The fourth-order valence-electron chi connectivity index (χ4n) is 1.76. The number of nitrogens with one attached hydrogen (secondary N) is 2. The molecule has 1 saturated heterocycles. The third-order valence-electron chi connectivity index (χ3n) is 2.73. The lowest BCUT2D eigenvalue weighted by molar-refractivity contribution is -0.122. The summed E-state index contributed by atoms with van der Waals surface area (Å²) in [5.41, 5.74) is 0.591. The third-order valence-corrected chi connectivity index (χ3v) is 3.90. The highest BCUT2D eigenvalue weighted by Gasteiger charge is 2.31. The van der Waals surface area contributed by atoms with Crippen LogP contribution in [-0.4, -0.2) is 36.4 Å². The molecule has 1 aromatic rings. The van der Waals surface area contributed by atoms with Crippen LogP contribution in [0.15, 0.2) is 29.3 Å². The minimum atomic E-state index is -0.441. The minimum Gasteiger partial charge on any atom is -0.495 e. The largest absolute Gasteiger partial charge is 0.495 e. The first-order valence-corrected chi connectivity index (χ1v) is 6.89. The molecule has 1 fully saturated rings. The van der Waals surface area contributed by atoms with Gasteiger partial charge in [0.15, 0.2) is 5.17 Å². The first kappa shape index (κ1) is 14.4. The van der Waals surface area contributed by atoms with Gasteiger partial charge in [-0.25, -0.2) is 0 Å². The smallest absolute Gasteiger partial charge is 0.240 e. The Hall–Kier alpha value is -2.02. The molecule has 1 atom stereocenters. The maximum absolute atomic E-state index is 12.0. The lowest BCUT2D eigenvalue weighted by Gasteiger charge is -2.10. The number of hydrogen-bond donors (Lipinski definition) is 2. The van der Waals surface area contributed by atoms with Crippen LogP contribution in [-0.2, 0) is 9.59 Å². The maximum Gasteiger partial charge on any atom is 0.240 e. The molecule has 1 aliphatic heterocycles. The molecule has 1 aromatic carbocycles. The number of anilines is 1. The molecule has 2 N–H and O–H groups in total. The second-order valence-electron chi connectivity index (χ2n) is 4.08. The van der Waals surface area contributed by atoms with Gasteiger partial charge in [-0.15, -0.1) is 0 Å². The summed E-state index contributed by atoms with van der Waals surface area (Å²) in [6.07, 6.45) is 0.0908. The number of para-hydroxylation sites is 2. The van der Waals surface area contributed by atoms with E-state index >= 15 is 0 Å². The molecule has 1 heterocycles. The molecule has 106 valence electrons. The average Bonchev–Trinajstić information content (AvgIpc) is 2.80. The van der Waals surface area contributed by atoms with Gasteiger partial charge in [-0.1, -0.05) is 23.9 Å². The summed E-state index contributed by atoms with van der Waals surface area (Å²) >= 11 is 1.26. The van der Waals surface area contributed by atoms with Crippen LogP contribution in [0.5, 0.6) is 5.75 Å². The summed E-state index contributed by atoms with van der Waals surface area (Å²) < 4.78 is 5.15. The maximum atomic E-state index is 12.0. The highest BCUT2D eigenvalue weighted by molar-refractivity contribution is 8.15. The summed E-state index contributed by atoms with van der Waals surface area (Å²) in [7, 11) is 3.13. The van der Waals surface area contributed by atoms with E-state index in [0.717, 1.165) is 0 Å². The molecule has 2 amide bonds. The van der Waals surface area contributed by atoms with Crippen molar-refractivity contribution in [1.82, 2.24) is 5.32 Å². The molecule has 0 spiro atoms. The van der Waals surface area contributed by atoms with Gasteiger partial charge in [0.25, 0.3) is 0 Å². The molecule has 0 aliphatic carbocycles. The first-order valence-electron chi connectivity index (χ1n) is 6.01. The zero-order chi connectivity index (χ0) is 14.5. The molecule has 0 bridgehead atoms. The number of carbonyl (C=O) groups excluding carboxylic acids is 2. The Balaban J connectivity index is 1.98. The molecule has 7 heteroatoms. The zero-order valence-corrected chi connectivity index (χ0v) is 12.0. The van der Waals surface area contributed by atoms with Gasteiger partial charge < -0.3 is 15.4 Å². The van der Waals surface area contributed by atoms with E-state index in [1.807, 2.05) is 6.07 Å². The Labute approximate surface area is 121 Å². The molecule has 1 aliphatic rings. The quantitative estimate of drug-likeness (QED) is 0.875. The number of nitrogens with zero attached hydrogens (tertiary/aromatic N) is 1. The highest BCUT2D eigenvalue weighted by atomic mass is 32.2. The van der Waals surface area contributed by atoms with E-state index in [2.05, 4.69) is 15.6 Å². The Kier molecular flexibility index (Phi) is 4.62. The van der Waals surface area contributed by atoms with Gasteiger partial charge in [-0.05, 0) is 12.1 Å². The molecule has 6 nitrogen and oxygen atoms in total. The standard InChI is InChI=1S/C13H15N3O3S/c1-14-13-16-12(18)10(20-13)7-11(17)15-8-5-3-4-6-9(8)19-2/h3-6,10H,7H2,1-2H3,(H,15,17)(H,14,16,18)/t10-/m1/s1. The normalized spacial score (nSPS) is 19.8. The van der Waals surface area contributed by atoms with E-state index in [1.165, 1.54) is 18.9 Å². The van der Waals surface area contributed by atoms with Crippen LogP contribution >= 0.6 is 11.8 Å². The molecule has 0 unspecified atom stereocenters. The molecule has 0 aromatic heterocycles. The Morgan fingerprint density at radius 3 is 2.90 bits per heavy atom. The molecule has 20 heavy (non-hydrogen) atoms. The number of carbonyl (C=O) groups is 2. The van der Waals surface area contributed by atoms with E-state index in [4.69, 9.17) is 4.74 Å². The van der Waals surface area contributed by atoms with Gasteiger partial charge in [0.1, 0.15) is 11.0 Å². The van der Waals surface area contributed by atoms with Gasteiger partial charge in [0, 0.05) is 13.5 Å². The predicted octanol–water partition coefficient (Wildman–Crippen LogP) is 1.24. The van der Waals surface area contributed by atoms with Crippen LogP contribution in [0.25, 0.3) is 0 Å². The number of amides is 2. The van der Waals surface area contributed by atoms with E-state index in [9.17, 15) is 9.59 Å². The van der Waals surface area contributed by atoms with Crippen molar-refractivity contribution in [2.75, 3.05) is 19.5 Å². The van der Waals surface area contributed by atoms with Gasteiger partial charge >= 0.3 is 0 Å². The Morgan fingerprint density at radius 1 is 1.50 bits per heavy atom. The van der Waals surface area contributed by atoms with Crippen LogP contribution in [0.3, 0.4) is 0 Å². The van der Waals surface area contributed by atoms with Gasteiger partial charge in [0.2, 0.25) is 11.8 Å². The van der Waals surface area contributed by atoms with Crippen LogP contribution in [0, 0.1) is 0 Å². The van der Waals surface area contributed by atoms with Crippen molar-refractivity contribution >= 4 is 34.4 Å². The SMILES string of the molecule is CN=C1NC(=O)[C@@H](CC(=O)Nc2ccccc2OC)S1. The monoisotopic (exact) mass is 293 g/mol. The number of hydrogen-bond acceptors (Lipinski definition) is 5. The summed E-state index contributed by atoms with van der Waals surface area (Å²) in [6.45, 7) is 0. The fraction of sp³-hybridized carbons (Fsp3) is 0.308. The zero-order valence-electron chi connectivity index (χ0n) is 11.2. The summed E-state index contributed by atoms with van der Waals surface area (Å²) in [5, 5.41) is 5.46. The van der Waals surface area contributed by atoms with Crippen molar-refractivity contribution in [2.24, 2.45) is 4.99 Å². The van der Waals surface area contributed by atoms with Gasteiger partial charge in [-0.2, -0.15) is 0 Å². The second kappa shape index (κ2) is 6.42. The van der Waals surface area contributed by atoms with Crippen molar-refractivity contribution < 1.29 is 14.3 Å². The van der Waals surface area contributed by atoms with Crippen molar-refractivity contribution in [3.8, 4) is 5.75 Å². The number of ether oxygens (including phenoxy) is 1. The van der Waals surface area contributed by atoms with Crippen molar-refractivity contribution in [3.05, 3.63) is 24.3 Å². The molecular formula is C13H15N3O3S. The predicted molar refractivity (Wildman–Crippen MR) is 79.1 cm³/mol. The van der Waals surface area contributed by atoms with E-state index in [0.29, 0.717) is 16.6 Å². The van der Waals surface area contributed by atoms with Crippen molar-refractivity contribution in [1.29, 1.82) is 0 Å². The van der Waals surface area contributed by atoms with Crippen LogP contribution in [0.2, 0.25) is 0 Å². The van der Waals surface area contributed by atoms with Crippen molar-refractivity contribution in [3.63, 3.8) is 0 Å². The fourth-order valence-corrected chi connectivity index (χ4v) is 2.70. The second-order valence-corrected chi connectivity index (χ2v) is 5.27. The summed E-state index contributed by atoms with van der Waals surface area (Å²) in [4.78, 5) is 27.5. The van der Waals surface area contributed by atoms with Gasteiger partial charge in [-0.3, -0.25) is 14.6 Å². The van der Waals surface area contributed by atoms with E-state index in [1.54, 1.807) is 25.2 Å². The number of rotatable bonds is 4. The number of thioether (sulfide) groups is 1. The molecule has 0 saturated carbocycles. The van der Waals surface area contributed by atoms with Crippen LogP contribution in [0.4, 0.5) is 5.69 Å². The number of amidine groups is 1. The van der Waals surface area contributed by atoms with E-state index in [-0.39, 0.29) is 18.2 Å². The lowest BCUT2D eigenvalue weighted by atomic mass is 10.2. The Morgan fingerprint density at radius 2 is 2.25 bits per heavy atom. The number of methoxy groups -OCH3 is 1. The topological polar surface area (TPSA) is 79.8 Å². The van der Waals surface area contributed by atoms with E-state index < -0.39 is 5.25 Å². The summed E-state index contributed by atoms with van der Waals surface area (Å²) in [6, 6.07) is 7.13. The first-order chi connectivity index (χ1) is 9.63. The minimum absolute atomic E-state index is 0.0908. The molecular weight excluding hydrogens is 278 g/mol. The number of aliphatic imine (C=N–C) groups is 1. The lowest BCUT2D eigenvalue weighted by Crippen LogP contribution is -2.28. The molecule has 2 rings (SSSR count). The Bertz CT molecular complexity index is 560. The third kappa shape index (κ3) is 3.30. The average molecular weight is 293 g/mol. The van der Waals surface area contributed by atoms with Crippen LogP contribution in [0.1, 0.15) is 6.42 Å². The molecule has 0 radical (unpaired) electrons. The van der Waals surface area contributed by atoms with Gasteiger partial charge in [0.05, 0.1) is 12.8 Å².